The Labute approximate surface area is 136 Å². The fourth-order valence-corrected chi connectivity index (χ4v) is 2.37. The molecule has 5 heteroatoms. The Morgan fingerprint density at radius 1 is 1.10 bits per heavy atom. The lowest BCUT2D eigenvalue weighted by Gasteiger charge is -2.21. The van der Waals surface area contributed by atoms with E-state index >= 15 is 0 Å². The largest absolute Gasteiger partial charge is 0.382 e. The van der Waals surface area contributed by atoms with E-state index < -0.39 is 0 Å². The van der Waals surface area contributed by atoms with Crippen molar-refractivity contribution < 1.29 is 14.2 Å². The molecule has 0 aromatic heterocycles. The van der Waals surface area contributed by atoms with Crippen LogP contribution in [0.15, 0.2) is 28.7 Å². The molecule has 21 heavy (non-hydrogen) atoms. The third-order valence-corrected chi connectivity index (χ3v) is 3.66. The summed E-state index contributed by atoms with van der Waals surface area (Å²) in [6, 6.07) is 8.59. The van der Waals surface area contributed by atoms with Gasteiger partial charge in [-0.25, -0.2) is 0 Å². The van der Waals surface area contributed by atoms with Gasteiger partial charge in [0.25, 0.3) is 0 Å². The smallest absolute Gasteiger partial charge is 0.0961 e. The summed E-state index contributed by atoms with van der Waals surface area (Å²) in [5.41, 5.74) is 1.16. The first-order valence-corrected chi connectivity index (χ1v) is 8.10. The molecule has 1 unspecified atom stereocenters. The van der Waals surface area contributed by atoms with Gasteiger partial charge in [-0.2, -0.15) is 0 Å². The standard InChI is InChI=1S/C16H26BrNO3/c1-13(2)18-12-16(14-6-4-5-7-15(14)17)21-11-10-20-9-8-19-3/h4-7,13,16,18H,8-12H2,1-3H3. The van der Waals surface area contributed by atoms with Crippen LogP contribution in [-0.2, 0) is 14.2 Å². The maximum atomic E-state index is 5.98. The van der Waals surface area contributed by atoms with E-state index in [1.54, 1.807) is 7.11 Å². The molecular formula is C16H26BrNO3. The second-order valence-electron chi connectivity index (χ2n) is 5.05. The maximum absolute atomic E-state index is 5.98. The van der Waals surface area contributed by atoms with E-state index in [-0.39, 0.29) is 6.10 Å². The number of benzene rings is 1. The summed E-state index contributed by atoms with van der Waals surface area (Å²) < 4.78 is 17.4. The average Bonchev–Trinajstić information content (AvgIpc) is 2.46. The van der Waals surface area contributed by atoms with Crippen LogP contribution in [0.3, 0.4) is 0 Å². The minimum absolute atomic E-state index is 0.00833. The van der Waals surface area contributed by atoms with Crippen molar-refractivity contribution in [3.05, 3.63) is 34.3 Å². The molecule has 0 heterocycles. The molecule has 0 radical (unpaired) electrons. The predicted octanol–water partition coefficient (Wildman–Crippen LogP) is 3.17. The molecule has 0 aliphatic heterocycles. The van der Waals surface area contributed by atoms with Crippen molar-refractivity contribution in [2.45, 2.75) is 26.0 Å². The number of rotatable bonds is 11. The molecule has 1 aromatic rings. The molecule has 0 fully saturated rings. The molecule has 0 amide bonds. The van der Waals surface area contributed by atoms with Crippen LogP contribution in [0.1, 0.15) is 25.5 Å². The highest BCUT2D eigenvalue weighted by Crippen LogP contribution is 2.25. The van der Waals surface area contributed by atoms with E-state index in [0.29, 0.717) is 32.5 Å². The third kappa shape index (κ3) is 7.93. The third-order valence-electron chi connectivity index (χ3n) is 2.94. The first kappa shape index (κ1) is 18.6. The van der Waals surface area contributed by atoms with Crippen molar-refractivity contribution in [3.63, 3.8) is 0 Å². The Balaban J connectivity index is 2.47. The molecule has 4 nitrogen and oxygen atoms in total. The number of halogens is 1. The van der Waals surface area contributed by atoms with Gasteiger partial charge in [0.1, 0.15) is 0 Å². The fourth-order valence-electron chi connectivity index (χ4n) is 1.83. The van der Waals surface area contributed by atoms with Gasteiger partial charge in [-0.15, -0.1) is 0 Å². The van der Waals surface area contributed by atoms with Crippen LogP contribution in [0.2, 0.25) is 0 Å². The van der Waals surface area contributed by atoms with Crippen molar-refractivity contribution >= 4 is 15.9 Å². The van der Waals surface area contributed by atoms with Gasteiger partial charge < -0.3 is 19.5 Å². The quantitative estimate of drug-likeness (QED) is 0.616. The Kier molecular flexibility index (Phi) is 9.87. The Bertz CT molecular complexity index is 388. The van der Waals surface area contributed by atoms with E-state index in [4.69, 9.17) is 14.2 Å². The highest BCUT2D eigenvalue weighted by Gasteiger charge is 2.15. The van der Waals surface area contributed by atoms with E-state index in [1.165, 1.54) is 0 Å². The van der Waals surface area contributed by atoms with E-state index in [2.05, 4.69) is 41.2 Å². The minimum Gasteiger partial charge on any atom is -0.382 e. The van der Waals surface area contributed by atoms with Gasteiger partial charge in [0, 0.05) is 24.2 Å². The lowest BCUT2D eigenvalue weighted by molar-refractivity contribution is -0.00760. The summed E-state index contributed by atoms with van der Waals surface area (Å²) in [6.07, 6.45) is 0.00833. The molecule has 0 saturated heterocycles. The van der Waals surface area contributed by atoms with Crippen LogP contribution in [-0.4, -0.2) is 46.1 Å². The number of hydrogen-bond acceptors (Lipinski definition) is 4. The van der Waals surface area contributed by atoms with Gasteiger partial charge in [-0.1, -0.05) is 48.0 Å². The lowest BCUT2D eigenvalue weighted by Crippen LogP contribution is -2.30. The molecule has 0 spiro atoms. The maximum Gasteiger partial charge on any atom is 0.0961 e. The lowest BCUT2D eigenvalue weighted by atomic mass is 10.1. The zero-order chi connectivity index (χ0) is 15.5. The normalized spacial score (nSPS) is 12.8. The Hall–Kier alpha value is -0.460. The summed E-state index contributed by atoms with van der Waals surface area (Å²) in [4.78, 5) is 0. The predicted molar refractivity (Wildman–Crippen MR) is 88.7 cm³/mol. The van der Waals surface area contributed by atoms with Gasteiger partial charge in [0.05, 0.1) is 32.5 Å². The Morgan fingerprint density at radius 3 is 2.48 bits per heavy atom. The summed E-state index contributed by atoms with van der Waals surface area (Å²) in [5, 5.41) is 3.43. The summed E-state index contributed by atoms with van der Waals surface area (Å²) in [5.74, 6) is 0. The van der Waals surface area contributed by atoms with Crippen LogP contribution >= 0.6 is 15.9 Å². The van der Waals surface area contributed by atoms with Crippen molar-refractivity contribution in [3.8, 4) is 0 Å². The molecular weight excluding hydrogens is 334 g/mol. The van der Waals surface area contributed by atoms with Gasteiger partial charge in [0.15, 0.2) is 0 Å². The van der Waals surface area contributed by atoms with Crippen LogP contribution in [0.25, 0.3) is 0 Å². The molecule has 1 N–H and O–H groups in total. The zero-order valence-corrected chi connectivity index (χ0v) is 14.7. The first-order chi connectivity index (χ1) is 10.1. The highest BCUT2D eigenvalue weighted by molar-refractivity contribution is 9.10. The molecule has 120 valence electrons. The second-order valence-corrected chi connectivity index (χ2v) is 5.90. The van der Waals surface area contributed by atoms with Crippen LogP contribution in [0, 0.1) is 0 Å². The number of ether oxygens (including phenoxy) is 3. The number of nitrogens with one attached hydrogen (secondary N) is 1. The van der Waals surface area contributed by atoms with Gasteiger partial charge in [-0.05, 0) is 11.6 Å². The molecule has 0 bridgehead atoms. The summed E-state index contributed by atoms with van der Waals surface area (Å²) in [6.45, 7) is 7.39. The number of methoxy groups -OCH3 is 1. The monoisotopic (exact) mass is 359 g/mol. The molecule has 0 saturated carbocycles. The van der Waals surface area contributed by atoms with E-state index in [0.717, 1.165) is 16.6 Å². The van der Waals surface area contributed by atoms with Crippen molar-refractivity contribution in [1.82, 2.24) is 5.32 Å². The van der Waals surface area contributed by atoms with E-state index in [1.807, 2.05) is 18.2 Å². The van der Waals surface area contributed by atoms with Crippen LogP contribution in [0.4, 0.5) is 0 Å². The summed E-state index contributed by atoms with van der Waals surface area (Å²) >= 11 is 3.59. The molecule has 1 atom stereocenters. The van der Waals surface area contributed by atoms with Crippen molar-refractivity contribution in [2.75, 3.05) is 40.1 Å². The summed E-state index contributed by atoms with van der Waals surface area (Å²) in [7, 11) is 1.67. The molecule has 1 aromatic carbocycles. The highest BCUT2D eigenvalue weighted by atomic mass is 79.9. The SMILES string of the molecule is COCCOCCOC(CNC(C)C)c1ccccc1Br. The van der Waals surface area contributed by atoms with Crippen LogP contribution < -0.4 is 5.32 Å². The topological polar surface area (TPSA) is 39.7 Å². The van der Waals surface area contributed by atoms with E-state index in [9.17, 15) is 0 Å². The number of hydrogen-bond donors (Lipinski definition) is 1. The molecule has 0 aliphatic carbocycles. The average molecular weight is 360 g/mol. The van der Waals surface area contributed by atoms with Gasteiger partial charge in [-0.3, -0.25) is 0 Å². The first-order valence-electron chi connectivity index (χ1n) is 7.31. The van der Waals surface area contributed by atoms with Crippen LogP contribution in [0.5, 0.6) is 0 Å². The second kappa shape index (κ2) is 11.2. The minimum atomic E-state index is 0.00833. The zero-order valence-electron chi connectivity index (χ0n) is 13.1. The molecule has 0 aliphatic rings. The van der Waals surface area contributed by atoms with Crippen molar-refractivity contribution in [2.24, 2.45) is 0 Å². The molecule has 1 rings (SSSR count). The fraction of sp³-hybridized carbons (Fsp3) is 0.625. The van der Waals surface area contributed by atoms with Crippen molar-refractivity contribution in [1.29, 1.82) is 0 Å². The Morgan fingerprint density at radius 2 is 1.81 bits per heavy atom. The van der Waals surface area contributed by atoms with Gasteiger partial charge in [0.2, 0.25) is 0 Å². The van der Waals surface area contributed by atoms with Gasteiger partial charge >= 0.3 is 0 Å².